The lowest BCUT2D eigenvalue weighted by atomic mass is 10.1. The molecule has 0 radical (unpaired) electrons. The van der Waals surface area contributed by atoms with Gasteiger partial charge in [0.2, 0.25) is 6.79 Å². The molecule has 8 heteroatoms. The van der Waals surface area contributed by atoms with Gasteiger partial charge in [0.1, 0.15) is 0 Å². The summed E-state index contributed by atoms with van der Waals surface area (Å²) in [5.74, 6) is -0.441. The Morgan fingerprint density at radius 2 is 2.14 bits per heavy atom. The molecule has 112 valence electrons. The third-order valence-corrected chi connectivity index (χ3v) is 3.94. The molecule has 0 saturated carbocycles. The molecule has 1 N–H and O–H groups in total. The molecule has 0 aromatic heterocycles. The Morgan fingerprint density at radius 1 is 1.33 bits per heavy atom. The second kappa shape index (κ2) is 5.53. The molecule has 1 amide bonds. The Kier molecular flexibility index (Phi) is 3.73. The first-order valence-corrected chi connectivity index (χ1v) is 7.08. The lowest BCUT2D eigenvalue weighted by molar-refractivity contribution is -0.147. The summed E-state index contributed by atoms with van der Waals surface area (Å²) in [7, 11) is 0. The quantitative estimate of drug-likeness (QED) is 0.853. The third-order valence-electron chi connectivity index (χ3n) is 3.35. The Morgan fingerprint density at radius 3 is 2.90 bits per heavy atom. The fourth-order valence-corrected chi connectivity index (χ4v) is 2.86. The molecule has 0 spiro atoms. The maximum atomic E-state index is 12.6. The number of amides is 1. The van der Waals surface area contributed by atoms with Crippen molar-refractivity contribution in [1.29, 1.82) is 0 Å². The molecule has 3 rings (SSSR count). The summed E-state index contributed by atoms with van der Waals surface area (Å²) in [4.78, 5) is 25.1. The van der Waals surface area contributed by atoms with Crippen LogP contribution in [0.25, 0.3) is 0 Å². The number of benzene rings is 1. The fourth-order valence-electron chi connectivity index (χ4n) is 2.31. The maximum absolute atomic E-state index is 12.6. The summed E-state index contributed by atoms with van der Waals surface area (Å²) < 4.78 is 16.3. The molecule has 2 aliphatic rings. The van der Waals surface area contributed by atoms with E-state index in [-0.39, 0.29) is 25.9 Å². The smallest absolute Gasteiger partial charge is 0.328 e. The Labute approximate surface area is 128 Å². The highest BCUT2D eigenvalue weighted by atomic mass is 79.9. The highest BCUT2D eigenvalue weighted by molar-refractivity contribution is 9.10. The molecule has 1 fully saturated rings. The Balaban J connectivity index is 1.91. The van der Waals surface area contributed by atoms with Gasteiger partial charge in [0, 0.05) is 12.1 Å². The second-order valence-corrected chi connectivity index (χ2v) is 5.47. The summed E-state index contributed by atoms with van der Waals surface area (Å²) >= 11 is 3.32. The molecule has 7 nitrogen and oxygen atoms in total. The summed E-state index contributed by atoms with van der Waals surface area (Å²) in [6, 6.07) is 2.18. The van der Waals surface area contributed by atoms with E-state index in [4.69, 9.17) is 14.2 Å². The molecule has 1 atom stereocenters. The minimum atomic E-state index is -1.08. The minimum Gasteiger partial charge on any atom is -0.480 e. The number of carbonyl (C=O) groups excluding carboxylic acids is 1. The van der Waals surface area contributed by atoms with Crippen molar-refractivity contribution in [2.45, 2.75) is 6.04 Å². The van der Waals surface area contributed by atoms with Gasteiger partial charge in [-0.25, -0.2) is 4.79 Å². The lowest BCUT2D eigenvalue weighted by Gasteiger charge is -2.32. The van der Waals surface area contributed by atoms with Crippen LogP contribution in [0.5, 0.6) is 11.5 Å². The van der Waals surface area contributed by atoms with Gasteiger partial charge in [-0.15, -0.1) is 0 Å². The SMILES string of the molecule is O=C(O)C1COCCN1C(=O)c1cc(Br)c2c(c1)OCO2. The van der Waals surface area contributed by atoms with E-state index in [1.165, 1.54) is 4.90 Å². The van der Waals surface area contributed by atoms with Crippen LogP contribution in [0, 0.1) is 0 Å². The normalized spacial score (nSPS) is 20.4. The largest absolute Gasteiger partial charge is 0.480 e. The average Bonchev–Trinajstić information content (AvgIpc) is 2.95. The number of carboxylic acid groups (broad SMARTS) is 1. The third kappa shape index (κ3) is 2.56. The second-order valence-electron chi connectivity index (χ2n) is 4.62. The average molecular weight is 358 g/mol. The first-order chi connectivity index (χ1) is 10.1. The number of hydrogen-bond donors (Lipinski definition) is 1. The molecule has 0 bridgehead atoms. The predicted molar refractivity (Wildman–Crippen MR) is 73.5 cm³/mol. The minimum absolute atomic E-state index is 0.00715. The molecule has 0 aliphatic carbocycles. The van der Waals surface area contributed by atoms with Crippen molar-refractivity contribution in [3.63, 3.8) is 0 Å². The number of carbonyl (C=O) groups is 2. The van der Waals surface area contributed by atoms with E-state index in [0.29, 0.717) is 28.1 Å². The van der Waals surface area contributed by atoms with Crippen molar-refractivity contribution in [2.75, 3.05) is 26.6 Å². The number of hydrogen-bond acceptors (Lipinski definition) is 5. The van der Waals surface area contributed by atoms with E-state index in [1.54, 1.807) is 12.1 Å². The molecular weight excluding hydrogens is 346 g/mol. The summed E-state index contributed by atoms with van der Waals surface area (Å²) in [5.41, 5.74) is 0.347. The first-order valence-electron chi connectivity index (χ1n) is 6.28. The zero-order chi connectivity index (χ0) is 15.0. The van der Waals surface area contributed by atoms with Gasteiger partial charge in [0.15, 0.2) is 17.5 Å². The van der Waals surface area contributed by atoms with Gasteiger partial charge in [0.05, 0.1) is 17.7 Å². The molecular formula is C13H12BrNO6. The van der Waals surface area contributed by atoms with Crippen LogP contribution in [-0.2, 0) is 9.53 Å². The zero-order valence-electron chi connectivity index (χ0n) is 10.9. The van der Waals surface area contributed by atoms with E-state index in [9.17, 15) is 14.7 Å². The molecule has 2 aliphatic heterocycles. The topological polar surface area (TPSA) is 85.3 Å². The highest BCUT2D eigenvalue weighted by Crippen LogP contribution is 2.40. The van der Waals surface area contributed by atoms with Crippen molar-refractivity contribution < 1.29 is 28.9 Å². The first kappa shape index (κ1) is 14.2. The number of aliphatic carboxylic acids is 1. The van der Waals surface area contributed by atoms with Crippen molar-refractivity contribution >= 4 is 27.8 Å². The molecule has 1 aromatic carbocycles. The van der Waals surface area contributed by atoms with Crippen molar-refractivity contribution in [3.05, 3.63) is 22.2 Å². The fraction of sp³-hybridized carbons (Fsp3) is 0.385. The van der Waals surface area contributed by atoms with Crippen LogP contribution in [0.15, 0.2) is 16.6 Å². The van der Waals surface area contributed by atoms with E-state index in [1.807, 2.05) is 0 Å². The number of nitrogens with zero attached hydrogens (tertiary/aromatic N) is 1. The number of halogens is 1. The molecule has 1 saturated heterocycles. The highest BCUT2D eigenvalue weighted by Gasteiger charge is 2.34. The molecule has 2 heterocycles. The van der Waals surface area contributed by atoms with Gasteiger partial charge in [-0.1, -0.05) is 0 Å². The Hall–Kier alpha value is -1.80. The van der Waals surface area contributed by atoms with Crippen LogP contribution in [-0.4, -0.2) is 54.5 Å². The lowest BCUT2D eigenvalue weighted by Crippen LogP contribution is -2.52. The van der Waals surface area contributed by atoms with Gasteiger partial charge in [-0.3, -0.25) is 4.79 Å². The molecule has 1 unspecified atom stereocenters. The predicted octanol–water partition coefficient (Wildman–Crippen LogP) is 1.10. The number of carboxylic acids is 1. The van der Waals surface area contributed by atoms with E-state index >= 15 is 0 Å². The summed E-state index contributed by atoms with van der Waals surface area (Å²) in [5, 5.41) is 9.19. The number of morpholine rings is 1. The van der Waals surface area contributed by atoms with Gasteiger partial charge in [-0.2, -0.15) is 0 Å². The maximum Gasteiger partial charge on any atom is 0.328 e. The number of rotatable bonds is 2. The zero-order valence-corrected chi connectivity index (χ0v) is 12.5. The number of fused-ring (bicyclic) bond motifs is 1. The van der Waals surface area contributed by atoms with Crippen LogP contribution >= 0.6 is 15.9 Å². The molecule has 21 heavy (non-hydrogen) atoms. The number of ether oxygens (including phenoxy) is 3. The van der Waals surface area contributed by atoms with Gasteiger partial charge >= 0.3 is 5.97 Å². The van der Waals surface area contributed by atoms with E-state index in [2.05, 4.69) is 15.9 Å². The van der Waals surface area contributed by atoms with Crippen LogP contribution in [0.4, 0.5) is 0 Å². The van der Waals surface area contributed by atoms with Gasteiger partial charge in [-0.05, 0) is 28.1 Å². The van der Waals surface area contributed by atoms with Crippen LogP contribution in [0.3, 0.4) is 0 Å². The van der Waals surface area contributed by atoms with Crippen molar-refractivity contribution in [3.8, 4) is 11.5 Å². The monoisotopic (exact) mass is 357 g/mol. The molecule has 1 aromatic rings. The van der Waals surface area contributed by atoms with Crippen LogP contribution in [0.2, 0.25) is 0 Å². The van der Waals surface area contributed by atoms with Gasteiger partial charge < -0.3 is 24.2 Å². The van der Waals surface area contributed by atoms with Crippen LogP contribution < -0.4 is 9.47 Å². The van der Waals surface area contributed by atoms with E-state index < -0.39 is 12.0 Å². The Bertz CT molecular complexity index is 605. The van der Waals surface area contributed by atoms with E-state index in [0.717, 1.165) is 0 Å². The van der Waals surface area contributed by atoms with Crippen molar-refractivity contribution in [1.82, 2.24) is 4.90 Å². The van der Waals surface area contributed by atoms with Crippen molar-refractivity contribution in [2.24, 2.45) is 0 Å². The van der Waals surface area contributed by atoms with Crippen LogP contribution in [0.1, 0.15) is 10.4 Å². The summed E-state index contributed by atoms with van der Waals surface area (Å²) in [6.07, 6.45) is 0. The summed E-state index contributed by atoms with van der Waals surface area (Å²) in [6.45, 7) is 0.650. The van der Waals surface area contributed by atoms with Gasteiger partial charge in [0.25, 0.3) is 5.91 Å². The standard InChI is InChI=1S/C13H12BrNO6/c14-8-3-7(4-10-11(8)21-6-20-10)12(16)15-1-2-19-5-9(15)13(17)18/h3-4,9H,1-2,5-6H2,(H,17,18).